The molecule has 1 fully saturated rings. The quantitative estimate of drug-likeness (QED) is 0.831. The van der Waals surface area contributed by atoms with E-state index in [1.54, 1.807) is 22.8 Å². The second-order valence-electron chi connectivity index (χ2n) is 5.81. The summed E-state index contributed by atoms with van der Waals surface area (Å²) < 4.78 is 1.63. The summed E-state index contributed by atoms with van der Waals surface area (Å²) in [6.07, 6.45) is 3.44. The number of pyridine rings is 1. The zero-order chi connectivity index (χ0) is 16.6. The fourth-order valence-corrected chi connectivity index (χ4v) is 3.44. The Labute approximate surface area is 145 Å². The van der Waals surface area contributed by atoms with Crippen molar-refractivity contribution >= 4 is 29.1 Å². The maximum atomic E-state index is 12.6. The van der Waals surface area contributed by atoms with Crippen molar-refractivity contribution in [1.29, 1.82) is 0 Å². The molecule has 0 saturated carbocycles. The molecule has 0 N–H and O–H groups in total. The van der Waals surface area contributed by atoms with Crippen LogP contribution in [0.2, 0.25) is 10.0 Å². The number of hydrogen-bond donors (Lipinski definition) is 0. The average molecular weight is 353 g/mol. The molecular formula is C16H18Cl2N4O. The third-order valence-electron chi connectivity index (χ3n) is 4.42. The highest BCUT2D eigenvalue weighted by Crippen LogP contribution is 2.32. The van der Waals surface area contributed by atoms with Crippen LogP contribution < -0.4 is 0 Å². The van der Waals surface area contributed by atoms with E-state index in [0.29, 0.717) is 28.8 Å². The molecule has 0 aliphatic carbocycles. The molecule has 7 heteroatoms. The molecule has 1 saturated heterocycles. The number of likely N-dealkylation sites (tertiary alicyclic amines) is 1. The summed E-state index contributed by atoms with van der Waals surface area (Å²) in [6, 6.07) is 3.69. The molecule has 1 aliphatic rings. The van der Waals surface area contributed by atoms with Gasteiger partial charge in [-0.25, -0.2) is 0 Å². The van der Waals surface area contributed by atoms with Crippen LogP contribution in [-0.2, 0) is 7.05 Å². The van der Waals surface area contributed by atoms with Crippen molar-refractivity contribution in [2.24, 2.45) is 7.05 Å². The second-order valence-corrected chi connectivity index (χ2v) is 6.59. The number of halogens is 2. The second kappa shape index (κ2) is 6.49. The Bertz CT molecular complexity index is 736. The predicted molar refractivity (Wildman–Crippen MR) is 90.1 cm³/mol. The van der Waals surface area contributed by atoms with Gasteiger partial charge in [0.25, 0.3) is 5.91 Å². The van der Waals surface area contributed by atoms with Crippen LogP contribution in [0.15, 0.2) is 18.3 Å². The molecule has 1 aliphatic heterocycles. The Morgan fingerprint density at radius 1 is 1.30 bits per heavy atom. The van der Waals surface area contributed by atoms with Crippen molar-refractivity contribution in [3.05, 3.63) is 45.5 Å². The van der Waals surface area contributed by atoms with Crippen LogP contribution >= 0.6 is 23.2 Å². The first-order chi connectivity index (χ1) is 11.0. The van der Waals surface area contributed by atoms with E-state index in [4.69, 9.17) is 23.2 Å². The van der Waals surface area contributed by atoms with Crippen LogP contribution in [-0.4, -0.2) is 38.7 Å². The third kappa shape index (κ3) is 3.08. The van der Waals surface area contributed by atoms with Crippen LogP contribution in [0.3, 0.4) is 0 Å². The van der Waals surface area contributed by atoms with E-state index in [1.807, 2.05) is 19.1 Å². The van der Waals surface area contributed by atoms with Gasteiger partial charge in [0.15, 0.2) is 5.69 Å². The minimum Gasteiger partial charge on any atom is -0.337 e. The van der Waals surface area contributed by atoms with Gasteiger partial charge in [-0.1, -0.05) is 23.2 Å². The number of carbonyl (C=O) groups is 1. The van der Waals surface area contributed by atoms with Crippen LogP contribution in [0, 0.1) is 6.92 Å². The molecule has 23 heavy (non-hydrogen) atoms. The van der Waals surface area contributed by atoms with Gasteiger partial charge in [-0.3, -0.25) is 14.5 Å². The Kier molecular flexibility index (Phi) is 4.60. The van der Waals surface area contributed by atoms with Crippen molar-refractivity contribution in [3.63, 3.8) is 0 Å². The number of carbonyl (C=O) groups excluding carboxylic acids is 1. The highest BCUT2D eigenvalue weighted by Gasteiger charge is 2.29. The lowest BCUT2D eigenvalue weighted by Gasteiger charge is -2.31. The highest BCUT2D eigenvalue weighted by atomic mass is 35.5. The SMILES string of the molecule is Cc1c(Cl)c(C(=O)N2CCC(c3ncccc3Cl)CC2)nn1C. The molecule has 0 atom stereocenters. The first-order valence-corrected chi connectivity index (χ1v) is 8.33. The monoisotopic (exact) mass is 352 g/mol. The number of rotatable bonds is 2. The van der Waals surface area contributed by atoms with E-state index >= 15 is 0 Å². The number of amides is 1. The molecule has 0 unspecified atom stereocenters. The number of nitrogens with zero attached hydrogens (tertiary/aromatic N) is 4. The van der Waals surface area contributed by atoms with Gasteiger partial charge in [0.05, 0.1) is 21.4 Å². The molecule has 1 amide bonds. The van der Waals surface area contributed by atoms with Crippen LogP contribution in [0.4, 0.5) is 0 Å². The van der Waals surface area contributed by atoms with Crippen molar-refractivity contribution in [2.45, 2.75) is 25.7 Å². The standard InChI is InChI=1S/C16H18Cl2N4O/c1-10-13(18)15(20-21(10)2)16(23)22-8-5-11(6-9-22)14-12(17)4-3-7-19-14/h3-4,7,11H,5-6,8-9H2,1-2H3. The number of piperidine rings is 1. The van der Waals surface area contributed by atoms with E-state index in [1.165, 1.54) is 0 Å². The molecule has 0 bridgehead atoms. The van der Waals surface area contributed by atoms with E-state index < -0.39 is 0 Å². The lowest BCUT2D eigenvalue weighted by atomic mass is 9.93. The molecular weight excluding hydrogens is 335 g/mol. The van der Waals surface area contributed by atoms with Gasteiger partial charge in [0, 0.05) is 32.3 Å². The summed E-state index contributed by atoms with van der Waals surface area (Å²) in [5.41, 5.74) is 2.05. The van der Waals surface area contributed by atoms with E-state index in [9.17, 15) is 4.79 Å². The summed E-state index contributed by atoms with van der Waals surface area (Å²) in [6.45, 7) is 3.16. The van der Waals surface area contributed by atoms with E-state index in [0.717, 1.165) is 24.2 Å². The molecule has 0 aromatic carbocycles. The summed E-state index contributed by atoms with van der Waals surface area (Å²) >= 11 is 12.4. The van der Waals surface area contributed by atoms with Gasteiger partial charge in [-0.2, -0.15) is 5.10 Å². The van der Waals surface area contributed by atoms with Gasteiger partial charge in [-0.15, -0.1) is 0 Å². The van der Waals surface area contributed by atoms with Gasteiger partial charge in [0.2, 0.25) is 0 Å². The van der Waals surface area contributed by atoms with Gasteiger partial charge in [-0.05, 0) is 31.9 Å². The molecule has 122 valence electrons. The summed E-state index contributed by atoms with van der Waals surface area (Å²) in [7, 11) is 1.79. The van der Waals surface area contributed by atoms with Crippen LogP contribution in [0.25, 0.3) is 0 Å². The van der Waals surface area contributed by atoms with Gasteiger partial charge < -0.3 is 4.90 Å². The topological polar surface area (TPSA) is 51.0 Å². The first kappa shape index (κ1) is 16.3. The minimum atomic E-state index is -0.107. The molecule has 3 rings (SSSR count). The third-order valence-corrected chi connectivity index (χ3v) is 5.19. The smallest absolute Gasteiger partial charge is 0.275 e. The Balaban J connectivity index is 1.70. The minimum absolute atomic E-state index is 0.107. The highest BCUT2D eigenvalue weighted by molar-refractivity contribution is 6.34. The fraction of sp³-hybridized carbons (Fsp3) is 0.438. The van der Waals surface area contributed by atoms with E-state index in [2.05, 4.69) is 10.1 Å². The fourth-order valence-electron chi connectivity index (χ4n) is 2.92. The normalized spacial score (nSPS) is 15.9. The largest absolute Gasteiger partial charge is 0.337 e. The number of aryl methyl sites for hydroxylation is 1. The molecule has 5 nitrogen and oxygen atoms in total. The number of hydrogen-bond acceptors (Lipinski definition) is 3. The van der Waals surface area contributed by atoms with E-state index in [-0.39, 0.29) is 11.8 Å². The lowest BCUT2D eigenvalue weighted by Crippen LogP contribution is -2.38. The van der Waals surface area contributed by atoms with Gasteiger partial charge >= 0.3 is 0 Å². The van der Waals surface area contributed by atoms with Gasteiger partial charge in [0.1, 0.15) is 0 Å². The summed E-state index contributed by atoms with van der Waals surface area (Å²) in [4.78, 5) is 18.8. The molecule has 2 aromatic heterocycles. The molecule has 0 radical (unpaired) electrons. The molecule has 2 aromatic rings. The predicted octanol–water partition coefficient (Wildman–Crippen LogP) is 3.45. The number of aromatic nitrogens is 3. The molecule has 0 spiro atoms. The Morgan fingerprint density at radius 3 is 2.57 bits per heavy atom. The van der Waals surface area contributed by atoms with Crippen molar-refractivity contribution in [1.82, 2.24) is 19.7 Å². The maximum absolute atomic E-state index is 12.6. The maximum Gasteiger partial charge on any atom is 0.275 e. The van der Waals surface area contributed by atoms with Crippen LogP contribution in [0.1, 0.15) is 40.6 Å². The Hall–Kier alpha value is -1.59. The first-order valence-electron chi connectivity index (χ1n) is 7.57. The summed E-state index contributed by atoms with van der Waals surface area (Å²) in [5.74, 6) is 0.179. The molecule has 3 heterocycles. The zero-order valence-corrected chi connectivity index (χ0v) is 14.6. The van der Waals surface area contributed by atoms with Crippen LogP contribution in [0.5, 0.6) is 0 Å². The Morgan fingerprint density at radius 2 is 2.00 bits per heavy atom. The van der Waals surface area contributed by atoms with Crippen molar-refractivity contribution in [3.8, 4) is 0 Å². The average Bonchev–Trinajstić information content (AvgIpc) is 2.82. The van der Waals surface area contributed by atoms with Crippen molar-refractivity contribution < 1.29 is 4.79 Å². The summed E-state index contributed by atoms with van der Waals surface area (Å²) in [5, 5.41) is 5.37. The lowest BCUT2D eigenvalue weighted by molar-refractivity contribution is 0.0705. The van der Waals surface area contributed by atoms with Crippen molar-refractivity contribution in [2.75, 3.05) is 13.1 Å². The zero-order valence-electron chi connectivity index (χ0n) is 13.1.